The summed E-state index contributed by atoms with van der Waals surface area (Å²) < 4.78 is 0. The van der Waals surface area contributed by atoms with E-state index in [-0.39, 0.29) is 31.4 Å². The fraction of sp³-hybridized carbons (Fsp3) is 1.00. The van der Waals surface area contributed by atoms with Crippen molar-refractivity contribution < 1.29 is 20.4 Å². The summed E-state index contributed by atoms with van der Waals surface area (Å²) in [5.41, 5.74) is 0. The lowest BCUT2D eigenvalue weighted by Crippen LogP contribution is -2.62. The van der Waals surface area contributed by atoms with Crippen LogP contribution in [-0.4, -0.2) is 69.4 Å². The lowest BCUT2D eigenvalue weighted by atomic mass is 9.94. The number of rotatable bonds is 4. The third kappa shape index (κ3) is 4.87. The maximum absolute atomic E-state index is 9.67. The van der Waals surface area contributed by atoms with Gasteiger partial charge in [0.25, 0.3) is 0 Å². The van der Waals surface area contributed by atoms with E-state index in [1.165, 1.54) is 0 Å². The van der Waals surface area contributed by atoms with Crippen LogP contribution < -0.4 is 0 Å². The Morgan fingerprint density at radius 1 is 1.12 bits per heavy atom. The lowest BCUT2D eigenvalue weighted by Gasteiger charge is -2.43. The van der Waals surface area contributed by atoms with Crippen molar-refractivity contribution in [3.63, 3.8) is 0 Å². The standard InChI is InChI=1S/C10H21NO4.2ClH/c1-2-3-4-11-5-8(13)10(15)9(14)7(11)6-12;;/h7-10,12-15H,2-6H2,1H3;2*1H/t7-,8+,9-,10-;;/m1../s1. The molecule has 17 heavy (non-hydrogen) atoms. The molecule has 1 heterocycles. The smallest absolute Gasteiger partial charge is 0.109 e. The average Bonchev–Trinajstić information content (AvgIpc) is 2.23. The van der Waals surface area contributed by atoms with E-state index in [0.717, 1.165) is 19.4 Å². The van der Waals surface area contributed by atoms with Crippen LogP contribution in [0, 0.1) is 0 Å². The second-order valence-corrected chi connectivity index (χ2v) is 4.15. The van der Waals surface area contributed by atoms with Crippen molar-refractivity contribution in [2.45, 2.75) is 44.1 Å². The maximum atomic E-state index is 9.67. The van der Waals surface area contributed by atoms with Crippen LogP contribution in [0.15, 0.2) is 0 Å². The monoisotopic (exact) mass is 291 g/mol. The van der Waals surface area contributed by atoms with Gasteiger partial charge in [-0.1, -0.05) is 13.3 Å². The summed E-state index contributed by atoms with van der Waals surface area (Å²) in [6.45, 7) is 2.89. The number of hydrogen-bond acceptors (Lipinski definition) is 5. The van der Waals surface area contributed by atoms with Crippen molar-refractivity contribution in [1.29, 1.82) is 0 Å². The van der Waals surface area contributed by atoms with Crippen molar-refractivity contribution in [2.24, 2.45) is 0 Å². The molecule has 0 bridgehead atoms. The Bertz CT molecular complexity index is 199. The zero-order valence-electron chi connectivity index (χ0n) is 9.90. The van der Waals surface area contributed by atoms with Gasteiger partial charge in [0.05, 0.1) is 18.8 Å². The van der Waals surface area contributed by atoms with Crippen LogP contribution in [0.5, 0.6) is 0 Å². The van der Waals surface area contributed by atoms with E-state index in [0.29, 0.717) is 6.54 Å². The molecule has 0 radical (unpaired) electrons. The van der Waals surface area contributed by atoms with Gasteiger partial charge < -0.3 is 20.4 Å². The SMILES string of the molecule is CCCCN1C[C@H](O)[C@@H](O)[C@H](O)[C@H]1CO.Cl.Cl. The molecule has 1 fully saturated rings. The second-order valence-electron chi connectivity index (χ2n) is 4.15. The molecule has 0 aromatic carbocycles. The van der Waals surface area contributed by atoms with Crippen molar-refractivity contribution in [3.8, 4) is 0 Å². The predicted molar refractivity (Wildman–Crippen MR) is 69.9 cm³/mol. The number of unbranched alkanes of at least 4 members (excludes halogenated alkanes) is 1. The third-order valence-corrected chi connectivity index (χ3v) is 3.01. The van der Waals surface area contributed by atoms with Crippen LogP contribution >= 0.6 is 24.8 Å². The molecule has 1 aliphatic rings. The molecule has 0 aromatic heterocycles. The highest BCUT2D eigenvalue weighted by Crippen LogP contribution is 2.19. The Morgan fingerprint density at radius 2 is 1.71 bits per heavy atom. The van der Waals surface area contributed by atoms with Gasteiger partial charge in [-0.15, -0.1) is 24.8 Å². The zero-order chi connectivity index (χ0) is 11.4. The van der Waals surface area contributed by atoms with E-state index in [1.54, 1.807) is 0 Å². The highest BCUT2D eigenvalue weighted by molar-refractivity contribution is 5.85. The largest absolute Gasteiger partial charge is 0.395 e. The quantitative estimate of drug-likeness (QED) is 0.555. The molecule has 4 atom stereocenters. The normalized spacial score (nSPS) is 33.7. The van der Waals surface area contributed by atoms with Gasteiger partial charge in [-0.25, -0.2) is 0 Å². The van der Waals surface area contributed by atoms with E-state index in [1.807, 2.05) is 4.90 Å². The number of aliphatic hydroxyl groups is 4. The summed E-state index contributed by atoms with van der Waals surface area (Å²) in [5, 5.41) is 37.8. The van der Waals surface area contributed by atoms with Crippen molar-refractivity contribution in [1.82, 2.24) is 4.90 Å². The fourth-order valence-electron chi connectivity index (χ4n) is 2.00. The molecule has 106 valence electrons. The second kappa shape index (κ2) is 9.33. The Hall–Kier alpha value is 0.380. The summed E-state index contributed by atoms with van der Waals surface area (Å²) in [7, 11) is 0. The predicted octanol–water partition coefficient (Wildman–Crippen LogP) is -0.611. The topological polar surface area (TPSA) is 84.2 Å². The van der Waals surface area contributed by atoms with E-state index in [9.17, 15) is 15.3 Å². The molecule has 1 saturated heterocycles. The molecule has 5 nitrogen and oxygen atoms in total. The zero-order valence-corrected chi connectivity index (χ0v) is 11.5. The van der Waals surface area contributed by atoms with E-state index in [4.69, 9.17) is 5.11 Å². The van der Waals surface area contributed by atoms with Crippen LogP contribution in [0.1, 0.15) is 19.8 Å². The maximum Gasteiger partial charge on any atom is 0.109 e. The van der Waals surface area contributed by atoms with Crippen molar-refractivity contribution in [3.05, 3.63) is 0 Å². The summed E-state index contributed by atoms with van der Waals surface area (Å²) in [6.07, 6.45) is -1.19. The van der Waals surface area contributed by atoms with Crippen LogP contribution in [0.25, 0.3) is 0 Å². The van der Waals surface area contributed by atoms with Gasteiger partial charge in [-0.3, -0.25) is 4.90 Å². The van der Waals surface area contributed by atoms with Gasteiger partial charge in [-0.05, 0) is 13.0 Å². The minimum absolute atomic E-state index is 0. The first-order valence-corrected chi connectivity index (χ1v) is 5.51. The van der Waals surface area contributed by atoms with Crippen molar-refractivity contribution in [2.75, 3.05) is 19.7 Å². The number of aliphatic hydroxyl groups excluding tert-OH is 4. The molecule has 4 N–H and O–H groups in total. The molecule has 0 unspecified atom stereocenters. The average molecular weight is 292 g/mol. The lowest BCUT2D eigenvalue weighted by molar-refractivity contribution is -0.145. The van der Waals surface area contributed by atoms with Crippen LogP contribution in [0.2, 0.25) is 0 Å². The molecule has 0 saturated carbocycles. The number of β-amino-alcohol motifs (C(OH)–C–C–N with tert-alkyl or cyclic N) is 1. The third-order valence-electron chi connectivity index (χ3n) is 3.01. The molecule has 0 spiro atoms. The Labute approximate surface area is 114 Å². The first kappa shape index (κ1) is 19.7. The summed E-state index contributed by atoms with van der Waals surface area (Å²) in [5.74, 6) is 0. The molecule has 1 aliphatic heterocycles. The summed E-state index contributed by atoms with van der Waals surface area (Å²) >= 11 is 0. The number of hydrogen-bond donors (Lipinski definition) is 4. The van der Waals surface area contributed by atoms with Crippen molar-refractivity contribution >= 4 is 24.8 Å². The van der Waals surface area contributed by atoms with Gasteiger partial charge in [0.1, 0.15) is 12.2 Å². The van der Waals surface area contributed by atoms with Gasteiger partial charge in [0.2, 0.25) is 0 Å². The molecule has 1 rings (SSSR count). The Morgan fingerprint density at radius 3 is 2.18 bits per heavy atom. The van der Waals surface area contributed by atoms with E-state index < -0.39 is 24.4 Å². The highest BCUT2D eigenvalue weighted by Gasteiger charge is 2.40. The minimum Gasteiger partial charge on any atom is -0.395 e. The van der Waals surface area contributed by atoms with Crippen LogP contribution in [0.4, 0.5) is 0 Å². The number of likely N-dealkylation sites (tertiary alicyclic amines) is 1. The van der Waals surface area contributed by atoms with Gasteiger partial charge in [0, 0.05) is 6.54 Å². The Balaban J connectivity index is 0. The molecular formula is C10H23Cl2NO4. The summed E-state index contributed by atoms with van der Waals surface area (Å²) in [4.78, 5) is 1.84. The first-order chi connectivity index (χ1) is 7.11. The van der Waals surface area contributed by atoms with E-state index in [2.05, 4.69) is 6.92 Å². The summed E-state index contributed by atoms with van der Waals surface area (Å²) in [6, 6.07) is -0.463. The number of nitrogens with zero attached hydrogens (tertiary/aromatic N) is 1. The molecule has 0 amide bonds. The van der Waals surface area contributed by atoms with Crippen LogP contribution in [-0.2, 0) is 0 Å². The van der Waals surface area contributed by atoms with E-state index >= 15 is 0 Å². The van der Waals surface area contributed by atoms with Crippen LogP contribution in [0.3, 0.4) is 0 Å². The molecular weight excluding hydrogens is 269 g/mol. The molecule has 7 heteroatoms. The fourth-order valence-corrected chi connectivity index (χ4v) is 2.00. The highest BCUT2D eigenvalue weighted by atomic mass is 35.5. The van der Waals surface area contributed by atoms with Gasteiger partial charge in [-0.2, -0.15) is 0 Å². The van der Waals surface area contributed by atoms with Gasteiger partial charge in [0.15, 0.2) is 0 Å². The molecule has 0 aromatic rings. The first-order valence-electron chi connectivity index (χ1n) is 5.51. The number of halogens is 2. The molecule has 0 aliphatic carbocycles. The van der Waals surface area contributed by atoms with Gasteiger partial charge >= 0.3 is 0 Å². The Kier molecular flexibility index (Phi) is 10.8. The minimum atomic E-state index is -1.15. The number of piperidine rings is 1.